The number of hydrogen-bond acceptors (Lipinski definition) is 2. The van der Waals surface area contributed by atoms with E-state index in [9.17, 15) is 5.11 Å². The van der Waals surface area contributed by atoms with Crippen molar-refractivity contribution in [1.82, 2.24) is 5.32 Å². The van der Waals surface area contributed by atoms with Gasteiger partial charge in [-0.1, -0.05) is 56.5 Å². The maximum Gasteiger partial charge on any atom is 0.0704 e. The minimum absolute atomic E-state index is 0.291. The van der Waals surface area contributed by atoms with Crippen molar-refractivity contribution in [2.75, 3.05) is 6.54 Å². The monoisotopic (exact) mass is 249 g/mol. The Bertz CT molecular complexity index is 299. The van der Waals surface area contributed by atoms with Crippen LogP contribution in [0.1, 0.15) is 45.1 Å². The van der Waals surface area contributed by atoms with Crippen LogP contribution >= 0.6 is 0 Å². The molecule has 0 fully saturated rings. The molecule has 2 nitrogen and oxygen atoms in total. The Kier molecular flexibility index (Phi) is 7.70. The second kappa shape index (κ2) is 9.12. The number of aliphatic hydroxyl groups excluding tert-OH is 1. The van der Waals surface area contributed by atoms with Crippen molar-refractivity contribution >= 4 is 0 Å². The van der Waals surface area contributed by atoms with E-state index in [1.807, 2.05) is 18.2 Å². The Balaban J connectivity index is 2.14. The minimum Gasteiger partial charge on any atom is -0.391 e. The van der Waals surface area contributed by atoms with Crippen molar-refractivity contribution in [2.24, 2.45) is 0 Å². The molecule has 2 heteroatoms. The SMILES string of the molecule is CCCCC[C@H](C)NC[C@H](O)Cc1ccccc1. The molecule has 0 aliphatic carbocycles. The van der Waals surface area contributed by atoms with E-state index in [0.29, 0.717) is 12.6 Å². The van der Waals surface area contributed by atoms with Gasteiger partial charge in [-0.2, -0.15) is 0 Å². The molecule has 0 heterocycles. The van der Waals surface area contributed by atoms with E-state index in [4.69, 9.17) is 0 Å². The summed E-state index contributed by atoms with van der Waals surface area (Å²) in [6.07, 6.45) is 5.49. The van der Waals surface area contributed by atoms with Gasteiger partial charge in [-0.25, -0.2) is 0 Å². The Hall–Kier alpha value is -0.860. The summed E-state index contributed by atoms with van der Waals surface area (Å²) in [6.45, 7) is 5.11. The van der Waals surface area contributed by atoms with Crippen LogP contribution < -0.4 is 5.32 Å². The van der Waals surface area contributed by atoms with Gasteiger partial charge in [0.05, 0.1) is 6.10 Å². The van der Waals surface area contributed by atoms with Crippen molar-refractivity contribution in [1.29, 1.82) is 0 Å². The third-order valence-corrected chi connectivity index (χ3v) is 3.26. The van der Waals surface area contributed by atoms with Gasteiger partial charge < -0.3 is 10.4 Å². The number of aliphatic hydroxyl groups is 1. The number of benzene rings is 1. The molecule has 0 saturated heterocycles. The molecule has 0 spiro atoms. The van der Waals surface area contributed by atoms with Crippen molar-refractivity contribution in [3.05, 3.63) is 35.9 Å². The third kappa shape index (κ3) is 6.77. The van der Waals surface area contributed by atoms with Crippen molar-refractivity contribution in [3.63, 3.8) is 0 Å². The van der Waals surface area contributed by atoms with Crippen molar-refractivity contribution in [3.8, 4) is 0 Å². The molecule has 0 aromatic heterocycles. The lowest BCUT2D eigenvalue weighted by Gasteiger charge is -2.17. The summed E-state index contributed by atoms with van der Waals surface area (Å²) in [7, 11) is 0. The summed E-state index contributed by atoms with van der Waals surface area (Å²) in [5.74, 6) is 0. The highest BCUT2D eigenvalue weighted by atomic mass is 16.3. The Morgan fingerprint density at radius 1 is 1.17 bits per heavy atom. The Labute approximate surface area is 111 Å². The van der Waals surface area contributed by atoms with Gasteiger partial charge in [0.2, 0.25) is 0 Å². The molecule has 0 aliphatic heterocycles. The predicted octanol–water partition coefficient (Wildman–Crippen LogP) is 3.15. The van der Waals surface area contributed by atoms with Crippen LogP contribution in [-0.2, 0) is 6.42 Å². The topological polar surface area (TPSA) is 32.3 Å². The zero-order valence-corrected chi connectivity index (χ0v) is 11.7. The van der Waals surface area contributed by atoms with E-state index in [2.05, 4.69) is 31.3 Å². The van der Waals surface area contributed by atoms with E-state index in [1.54, 1.807) is 0 Å². The van der Waals surface area contributed by atoms with Crippen molar-refractivity contribution < 1.29 is 5.11 Å². The van der Waals surface area contributed by atoms with Gasteiger partial charge in [0, 0.05) is 12.6 Å². The fourth-order valence-electron chi connectivity index (χ4n) is 2.10. The number of nitrogens with one attached hydrogen (secondary N) is 1. The van der Waals surface area contributed by atoms with Gasteiger partial charge in [-0.15, -0.1) is 0 Å². The van der Waals surface area contributed by atoms with Gasteiger partial charge >= 0.3 is 0 Å². The van der Waals surface area contributed by atoms with Gasteiger partial charge in [0.1, 0.15) is 0 Å². The highest BCUT2D eigenvalue weighted by Gasteiger charge is 2.07. The average Bonchev–Trinajstić information content (AvgIpc) is 2.38. The molecule has 1 aromatic carbocycles. The first-order valence-corrected chi connectivity index (χ1v) is 7.17. The quantitative estimate of drug-likeness (QED) is 0.659. The van der Waals surface area contributed by atoms with Crippen LogP contribution in [0.3, 0.4) is 0 Å². The van der Waals surface area contributed by atoms with Gasteiger partial charge in [0.25, 0.3) is 0 Å². The summed E-state index contributed by atoms with van der Waals surface area (Å²) in [5.41, 5.74) is 1.20. The van der Waals surface area contributed by atoms with Crippen LogP contribution in [0, 0.1) is 0 Å². The summed E-state index contributed by atoms with van der Waals surface area (Å²) >= 11 is 0. The predicted molar refractivity (Wildman–Crippen MR) is 77.8 cm³/mol. The zero-order valence-electron chi connectivity index (χ0n) is 11.7. The van der Waals surface area contributed by atoms with Crippen LogP contribution in [0.4, 0.5) is 0 Å². The summed E-state index contributed by atoms with van der Waals surface area (Å²) in [4.78, 5) is 0. The minimum atomic E-state index is -0.291. The molecule has 1 rings (SSSR count). The summed E-state index contributed by atoms with van der Waals surface area (Å²) < 4.78 is 0. The standard InChI is InChI=1S/C16H27NO/c1-3-4-6-9-14(2)17-13-16(18)12-15-10-7-5-8-11-15/h5,7-8,10-11,14,16-18H,3-4,6,9,12-13H2,1-2H3/t14-,16+/m0/s1. The molecular formula is C16H27NO. The first-order valence-electron chi connectivity index (χ1n) is 7.17. The lowest BCUT2D eigenvalue weighted by Crippen LogP contribution is -2.34. The molecule has 0 amide bonds. The Morgan fingerprint density at radius 2 is 1.89 bits per heavy atom. The van der Waals surface area contributed by atoms with E-state index in [0.717, 1.165) is 6.42 Å². The molecule has 102 valence electrons. The second-order valence-corrected chi connectivity index (χ2v) is 5.15. The summed E-state index contributed by atoms with van der Waals surface area (Å²) in [5, 5.41) is 13.4. The van der Waals surface area contributed by atoms with E-state index < -0.39 is 0 Å². The summed E-state index contributed by atoms with van der Waals surface area (Å²) in [6, 6.07) is 10.7. The number of rotatable bonds is 9. The molecule has 2 N–H and O–H groups in total. The van der Waals surface area contributed by atoms with E-state index in [-0.39, 0.29) is 6.10 Å². The van der Waals surface area contributed by atoms with Crippen LogP contribution in [-0.4, -0.2) is 23.8 Å². The van der Waals surface area contributed by atoms with Crippen LogP contribution in [0.5, 0.6) is 0 Å². The smallest absolute Gasteiger partial charge is 0.0704 e. The molecule has 0 unspecified atom stereocenters. The fourth-order valence-corrected chi connectivity index (χ4v) is 2.10. The largest absolute Gasteiger partial charge is 0.391 e. The van der Waals surface area contributed by atoms with E-state index >= 15 is 0 Å². The molecule has 0 bridgehead atoms. The Morgan fingerprint density at radius 3 is 2.56 bits per heavy atom. The molecule has 18 heavy (non-hydrogen) atoms. The van der Waals surface area contributed by atoms with Gasteiger partial charge in [0.15, 0.2) is 0 Å². The maximum absolute atomic E-state index is 9.96. The van der Waals surface area contributed by atoms with Gasteiger partial charge in [-0.05, 0) is 25.3 Å². The van der Waals surface area contributed by atoms with Crippen LogP contribution in [0.25, 0.3) is 0 Å². The van der Waals surface area contributed by atoms with Crippen molar-refractivity contribution in [2.45, 2.75) is 58.1 Å². The molecule has 0 radical (unpaired) electrons. The normalized spacial score (nSPS) is 14.4. The highest BCUT2D eigenvalue weighted by Crippen LogP contribution is 2.05. The van der Waals surface area contributed by atoms with E-state index in [1.165, 1.54) is 31.2 Å². The molecule has 1 aromatic rings. The lowest BCUT2D eigenvalue weighted by atomic mass is 10.1. The molecular weight excluding hydrogens is 222 g/mol. The van der Waals surface area contributed by atoms with Crippen LogP contribution in [0.2, 0.25) is 0 Å². The first kappa shape index (κ1) is 15.2. The third-order valence-electron chi connectivity index (χ3n) is 3.26. The fraction of sp³-hybridized carbons (Fsp3) is 0.625. The van der Waals surface area contributed by atoms with Gasteiger partial charge in [-0.3, -0.25) is 0 Å². The average molecular weight is 249 g/mol. The maximum atomic E-state index is 9.96. The first-order chi connectivity index (χ1) is 8.72. The molecule has 2 atom stereocenters. The number of unbranched alkanes of at least 4 members (excludes halogenated alkanes) is 2. The van der Waals surface area contributed by atoms with Crippen LogP contribution in [0.15, 0.2) is 30.3 Å². The highest BCUT2D eigenvalue weighted by molar-refractivity contribution is 5.15. The molecule has 0 aliphatic rings. The lowest BCUT2D eigenvalue weighted by molar-refractivity contribution is 0.167. The second-order valence-electron chi connectivity index (χ2n) is 5.15. The zero-order chi connectivity index (χ0) is 13.2. The number of hydrogen-bond donors (Lipinski definition) is 2. The molecule has 0 saturated carbocycles.